The van der Waals surface area contributed by atoms with Crippen LogP contribution >= 0.6 is 0 Å². The summed E-state index contributed by atoms with van der Waals surface area (Å²) in [5.41, 5.74) is -0.857. The highest BCUT2D eigenvalue weighted by molar-refractivity contribution is 5.88. The van der Waals surface area contributed by atoms with Crippen LogP contribution in [0.4, 0.5) is 0 Å². The molecule has 0 aliphatic carbocycles. The number of hydrogen-bond acceptors (Lipinski definition) is 14. The number of aromatic hydroxyl groups is 5. The van der Waals surface area contributed by atoms with E-state index in [0.29, 0.717) is 5.56 Å². The van der Waals surface area contributed by atoms with Crippen LogP contribution < -0.4 is 10.2 Å². The van der Waals surface area contributed by atoms with E-state index in [2.05, 4.69) is 0 Å². The fourth-order valence-corrected chi connectivity index (χ4v) is 4.61. The summed E-state index contributed by atoms with van der Waals surface area (Å²) in [6, 6.07) is 11.2. The zero-order valence-electron chi connectivity index (χ0n) is 22.5. The maximum atomic E-state index is 13.6. The first-order valence-corrected chi connectivity index (χ1v) is 13.0. The molecule has 0 bridgehead atoms. The van der Waals surface area contributed by atoms with Crippen molar-refractivity contribution in [1.29, 1.82) is 0 Å². The molecule has 1 aromatic heterocycles. The summed E-state index contributed by atoms with van der Waals surface area (Å²) in [6.07, 6.45) is -6.48. The van der Waals surface area contributed by atoms with Crippen LogP contribution in [0.25, 0.3) is 28.4 Å². The number of rotatable bonds is 7. The van der Waals surface area contributed by atoms with E-state index in [1.807, 2.05) is 0 Å². The molecule has 5 unspecified atom stereocenters. The lowest BCUT2D eigenvalue weighted by Gasteiger charge is -2.41. The molecule has 0 spiro atoms. The van der Waals surface area contributed by atoms with Crippen molar-refractivity contribution in [3.8, 4) is 45.8 Å². The van der Waals surface area contributed by atoms with E-state index in [-0.39, 0.29) is 22.7 Å². The average Bonchev–Trinajstić information content (AvgIpc) is 2.98. The summed E-state index contributed by atoms with van der Waals surface area (Å²) >= 11 is 0. The molecule has 1 fully saturated rings. The van der Waals surface area contributed by atoms with Gasteiger partial charge in [-0.25, -0.2) is 4.79 Å². The predicted molar refractivity (Wildman–Crippen MR) is 150 cm³/mol. The number of aliphatic hydroxyl groups is 3. The number of carbonyl (C=O) groups is 1. The highest BCUT2D eigenvalue weighted by atomic mass is 16.7. The fourth-order valence-electron chi connectivity index (χ4n) is 4.61. The quantitative estimate of drug-likeness (QED) is 0.0840. The van der Waals surface area contributed by atoms with Crippen LogP contribution in [0.5, 0.6) is 34.5 Å². The largest absolute Gasteiger partial charge is 0.508 e. The molecular weight excluding hydrogens is 584 g/mol. The molecule has 5 rings (SSSR count). The smallest absolute Gasteiger partial charge is 0.331 e. The number of carbonyl (C=O) groups excluding carboxylic acids is 1. The Morgan fingerprint density at radius 1 is 0.886 bits per heavy atom. The van der Waals surface area contributed by atoms with Gasteiger partial charge in [0.2, 0.25) is 17.5 Å². The molecule has 14 nitrogen and oxygen atoms in total. The van der Waals surface area contributed by atoms with E-state index in [1.165, 1.54) is 24.3 Å². The van der Waals surface area contributed by atoms with Crippen molar-refractivity contribution >= 4 is 23.0 Å². The molecule has 1 aliphatic rings. The van der Waals surface area contributed by atoms with E-state index < -0.39 is 82.8 Å². The summed E-state index contributed by atoms with van der Waals surface area (Å²) in [7, 11) is 0. The predicted octanol–water partition coefficient (Wildman–Crippen LogP) is 1.43. The minimum absolute atomic E-state index is 0.0213. The summed E-state index contributed by atoms with van der Waals surface area (Å²) < 4.78 is 22.2. The second kappa shape index (κ2) is 12.1. The topological polar surface area (TPSA) is 237 Å². The molecular formula is C30H26O14. The molecule has 1 aliphatic heterocycles. The van der Waals surface area contributed by atoms with Crippen LogP contribution in [0.2, 0.25) is 0 Å². The fraction of sp³-hybridized carbons (Fsp3) is 0.200. The van der Waals surface area contributed by atoms with Gasteiger partial charge < -0.3 is 59.5 Å². The Bertz CT molecular complexity index is 1790. The summed E-state index contributed by atoms with van der Waals surface area (Å²) in [6.45, 7) is -0.830. The van der Waals surface area contributed by atoms with Gasteiger partial charge in [-0.15, -0.1) is 0 Å². The van der Waals surface area contributed by atoms with Gasteiger partial charge in [-0.3, -0.25) is 4.79 Å². The Kier molecular flexibility index (Phi) is 8.33. The SMILES string of the molecule is O=C(C=Cc1cccc(O)c1)OC1C(CO)OC(Oc2c(-c3ccc(O)c(O)c3)oc3cc(O)cc(O)c3c2=O)C(O)C1O. The molecule has 0 amide bonds. The highest BCUT2D eigenvalue weighted by Crippen LogP contribution is 2.39. The van der Waals surface area contributed by atoms with Crippen LogP contribution in [0.1, 0.15) is 5.56 Å². The number of benzene rings is 3. The monoisotopic (exact) mass is 610 g/mol. The molecule has 14 heteroatoms. The van der Waals surface area contributed by atoms with Gasteiger partial charge in [-0.2, -0.15) is 0 Å². The van der Waals surface area contributed by atoms with Gasteiger partial charge in [0.15, 0.2) is 23.4 Å². The minimum Gasteiger partial charge on any atom is -0.508 e. The molecule has 44 heavy (non-hydrogen) atoms. The molecule has 3 aromatic carbocycles. The molecule has 8 N–H and O–H groups in total. The Balaban J connectivity index is 1.46. The number of hydrogen-bond donors (Lipinski definition) is 8. The zero-order valence-corrected chi connectivity index (χ0v) is 22.5. The van der Waals surface area contributed by atoms with Gasteiger partial charge in [0.05, 0.1) is 6.61 Å². The maximum absolute atomic E-state index is 13.6. The van der Waals surface area contributed by atoms with Crippen molar-refractivity contribution in [2.24, 2.45) is 0 Å². The van der Waals surface area contributed by atoms with Gasteiger partial charge >= 0.3 is 5.97 Å². The Labute approximate surface area is 247 Å². The first-order valence-electron chi connectivity index (χ1n) is 13.0. The molecule has 0 radical (unpaired) electrons. The summed E-state index contributed by atoms with van der Waals surface area (Å²) in [5, 5.41) is 80.8. The standard InChI is InChI=1S/C30H26O14/c31-12-21-28(43-22(37)7-4-13-2-1-3-15(32)8-13)25(39)26(40)30(42-21)44-29-24(38)23-19(36)10-16(33)11-20(23)41-27(29)14-5-6-17(34)18(35)9-14/h1-11,21,25-26,28,30-36,39-40H,12H2. The van der Waals surface area contributed by atoms with Crippen molar-refractivity contribution in [2.45, 2.75) is 30.7 Å². The lowest BCUT2D eigenvalue weighted by Crippen LogP contribution is -2.61. The van der Waals surface area contributed by atoms with E-state index in [1.54, 1.807) is 12.1 Å². The number of fused-ring (bicyclic) bond motifs is 1. The van der Waals surface area contributed by atoms with Crippen LogP contribution in [0.15, 0.2) is 69.9 Å². The molecule has 5 atom stereocenters. The van der Waals surface area contributed by atoms with E-state index >= 15 is 0 Å². The van der Waals surface area contributed by atoms with Gasteiger partial charge in [-0.05, 0) is 42.0 Å². The highest BCUT2D eigenvalue weighted by Gasteiger charge is 2.48. The van der Waals surface area contributed by atoms with Crippen LogP contribution in [0, 0.1) is 0 Å². The van der Waals surface area contributed by atoms with Crippen LogP contribution in [0.3, 0.4) is 0 Å². The van der Waals surface area contributed by atoms with Crippen molar-refractivity contribution < 1.29 is 64.3 Å². The van der Waals surface area contributed by atoms with Crippen molar-refractivity contribution in [2.75, 3.05) is 6.61 Å². The Morgan fingerprint density at radius 3 is 2.36 bits per heavy atom. The lowest BCUT2D eigenvalue weighted by atomic mass is 9.99. The third kappa shape index (κ3) is 5.95. The third-order valence-corrected chi connectivity index (χ3v) is 6.74. The number of aliphatic hydroxyl groups excluding tert-OH is 3. The van der Waals surface area contributed by atoms with Gasteiger partial charge in [0.25, 0.3) is 0 Å². The molecule has 230 valence electrons. The second-order valence-electron chi connectivity index (χ2n) is 9.79. The van der Waals surface area contributed by atoms with Gasteiger partial charge in [0.1, 0.15) is 46.5 Å². The average molecular weight is 611 g/mol. The first-order chi connectivity index (χ1) is 21.0. The second-order valence-corrected chi connectivity index (χ2v) is 9.79. The minimum atomic E-state index is -1.98. The van der Waals surface area contributed by atoms with Crippen molar-refractivity contribution in [3.05, 3.63) is 76.5 Å². The van der Waals surface area contributed by atoms with Crippen LogP contribution in [-0.4, -0.2) is 84.1 Å². The van der Waals surface area contributed by atoms with E-state index in [9.17, 15) is 50.4 Å². The van der Waals surface area contributed by atoms with Gasteiger partial charge in [-0.1, -0.05) is 12.1 Å². The lowest BCUT2D eigenvalue weighted by molar-refractivity contribution is -0.280. The van der Waals surface area contributed by atoms with Gasteiger partial charge in [0, 0.05) is 23.8 Å². The van der Waals surface area contributed by atoms with Crippen LogP contribution in [-0.2, 0) is 14.3 Å². The normalized spacial score (nSPS) is 21.8. The number of ether oxygens (including phenoxy) is 3. The van der Waals surface area contributed by atoms with Crippen molar-refractivity contribution in [3.63, 3.8) is 0 Å². The van der Waals surface area contributed by atoms with E-state index in [0.717, 1.165) is 30.3 Å². The zero-order chi connectivity index (χ0) is 31.7. The van der Waals surface area contributed by atoms with E-state index in [4.69, 9.17) is 18.6 Å². The van der Waals surface area contributed by atoms with Crippen molar-refractivity contribution in [1.82, 2.24) is 0 Å². The maximum Gasteiger partial charge on any atom is 0.331 e. The molecule has 2 heterocycles. The number of esters is 1. The first kappa shape index (κ1) is 30.2. The molecule has 4 aromatic rings. The third-order valence-electron chi connectivity index (χ3n) is 6.74. The molecule has 1 saturated heterocycles. The molecule has 0 saturated carbocycles. The summed E-state index contributed by atoms with van der Waals surface area (Å²) in [5.74, 6) is -4.29. The Morgan fingerprint density at radius 2 is 1.66 bits per heavy atom. The Hall–Kier alpha value is -5.28. The number of phenolic OH excluding ortho intramolecular Hbond substituents is 5. The number of phenols is 5. The summed E-state index contributed by atoms with van der Waals surface area (Å²) in [4.78, 5) is 26.0.